The average Bonchev–Trinajstić information content (AvgIpc) is 2.65. The number of nitro groups is 1. The number of carbonyl (C=O) groups is 2. The van der Waals surface area contributed by atoms with Crippen molar-refractivity contribution in [3.05, 3.63) is 22.1 Å². The standard InChI is InChI=1S/C11H14N4O5/c1-7-12-8(15(19)20)5-14(7)6-9(16)13-11(10(17)18)3-2-4-11/h5H,2-4,6H2,1H3,(H,13,16)(H,17,18). The molecule has 2 rings (SSSR count). The highest BCUT2D eigenvalue weighted by molar-refractivity contribution is 5.87. The molecule has 1 saturated carbocycles. The van der Waals surface area contributed by atoms with E-state index >= 15 is 0 Å². The molecule has 0 radical (unpaired) electrons. The Labute approximate surface area is 113 Å². The number of carbonyl (C=O) groups excluding carboxylic acids is 1. The third-order valence-electron chi connectivity index (χ3n) is 3.46. The van der Waals surface area contributed by atoms with E-state index in [1.807, 2.05) is 0 Å². The molecule has 0 unspecified atom stereocenters. The molecule has 9 nitrogen and oxygen atoms in total. The fourth-order valence-electron chi connectivity index (χ4n) is 2.12. The molecule has 1 amide bonds. The molecular formula is C11H14N4O5. The Morgan fingerprint density at radius 2 is 2.25 bits per heavy atom. The van der Waals surface area contributed by atoms with Crippen LogP contribution in [0.2, 0.25) is 0 Å². The van der Waals surface area contributed by atoms with Crippen molar-refractivity contribution in [2.24, 2.45) is 0 Å². The summed E-state index contributed by atoms with van der Waals surface area (Å²) in [5, 5.41) is 22.2. The van der Waals surface area contributed by atoms with Crippen molar-refractivity contribution in [1.29, 1.82) is 0 Å². The van der Waals surface area contributed by atoms with Crippen molar-refractivity contribution < 1.29 is 19.6 Å². The third kappa shape index (κ3) is 2.46. The number of rotatable bonds is 5. The number of imidazole rings is 1. The number of aliphatic carboxylic acids is 1. The molecule has 108 valence electrons. The quantitative estimate of drug-likeness (QED) is 0.587. The molecule has 0 spiro atoms. The van der Waals surface area contributed by atoms with E-state index in [9.17, 15) is 19.7 Å². The largest absolute Gasteiger partial charge is 0.480 e. The molecule has 0 bridgehead atoms. The van der Waals surface area contributed by atoms with Crippen LogP contribution in [-0.4, -0.2) is 37.0 Å². The summed E-state index contributed by atoms with van der Waals surface area (Å²) >= 11 is 0. The second-order valence-corrected chi connectivity index (χ2v) is 4.82. The summed E-state index contributed by atoms with van der Waals surface area (Å²) < 4.78 is 1.32. The minimum absolute atomic E-state index is 0.193. The molecule has 1 aromatic rings. The summed E-state index contributed by atoms with van der Waals surface area (Å²) in [6.07, 6.45) is 2.71. The predicted molar refractivity (Wildman–Crippen MR) is 66.0 cm³/mol. The number of hydrogen-bond acceptors (Lipinski definition) is 5. The number of nitrogens with one attached hydrogen (secondary N) is 1. The van der Waals surface area contributed by atoms with Gasteiger partial charge in [0.2, 0.25) is 11.7 Å². The van der Waals surface area contributed by atoms with Crippen LogP contribution in [0, 0.1) is 17.0 Å². The van der Waals surface area contributed by atoms with E-state index in [1.165, 1.54) is 11.5 Å². The van der Waals surface area contributed by atoms with Crippen LogP contribution in [0.15, 0.2) is 6.20 Å². The molecule has 0 aromatic carbocycles. The van der Waals surface area contributed by atoms with Gasteiger partial charge in [-0.1, -0.05) is 0 Å². The summed E-state index contributed by atoms with van der Waals surface area (Å²) in [6, 6.07) is 0. The molecule has 0 aliphatic heterocycles. The van der Waals surface area contributed by atoms with Gasteiger partial charge in [0.15, 0.2) is 0 Å². The minimum atomic E-state index is -1.18. The Balaban J connectivity index is 2.05. The molecule has 2 N–H and O–H groups in total. The van der Waals surface area contributed by atoms with Crippen LogP contribution in [0.25, 0.3) is 0 Å². The SMILES string of the molecule is Cc1nc([N+](=O)[O-])cn1CC(=O)NC1(C(=O)O)CCC1. The summed E-state index contributed by atoms with van der Waals surface area (Å²) in [6.45, 7) is 1.35. The molecule has 1 heterocycles. The second kappa shape index (κ2) is 4.91. The van der Waals surface area contributed by atoms with E-state index < -0.39 is 22.3 Å². The summed E-state index contributed by atoms with van der Waals surface area (Å²) in [7, 11) is 0. The average molecular weight is 282 g/mol. The molecule has 20 heavy (non-hydrogen) atoms. The Morgan fingerprint density at radius 3 is 2.65 bits per heavy atom. The summed E-state index contributed by atoms with van der Waals surface area (Å²) in [5.74, 6) is -1.57. The van der Waals surface area contributed by atoms with Crippen LogP contribution < -0.4 is 5.32 Å². The van der Waals surface area contributed by atoms with Crippen LogP contribution in [0.4, 0.5) is 5.82 Å². The maximum absolute atomic E-state index is 11.9. The van der Waals surface area contributed by atoms with Gasteiger partial charge >= 0.3 is 11.8 Å². The van der Waals surface area contributed by atoms with E-state index in [0.29, 0.717) is 18.7 Å². The van der Waals surface area contributed by atoms with Gasteiger partial charge in [-0.15, -0.1) is 0 Å². The van der Waals surface area contributed by atoms with E-state index in [-0.39, 0.29) is 12.4 Å². The number of amides is 1. The molecule has 1 aromatic heterocycles. The molecule has 1 aliphatic carbocycles. The number of aromatic nitrogens is 2. The number of hydrogen-bond donors (Lipinski definition) is 2. The monoisotopic (exact) mass is 282 g/mol. The van der Waals surface area contributed by atoms with Gasteiger partial charge in [0.1, 0.15) is 18.3 Å². The zero-order valence-electron chi connectivity index (χ0n) is 10.8. The maximum atomic E-state index is 11.9. The first-order chi connectivity index (χ1) is 9.34. The van der Waals surface area contributed by atoms with E-state index in [4.69, 9.17) is 5.11 Å². The van der Waals surface area contributed by atoms with Crippen molar-refractivity contribution in [3.8, 4) is 0 Å². The van der Waals surface area contributed by atoms with Crippen LogP contribution in [0.3, 0.4) is 0 Å². The molecule has 0 saturated heterocycles. The molecular weight excluding hydrogens is 268 g/mol. The fourth-order valence-corrected chi connectivity index (χ4v) is 2.12. The lowest BCUT2D eigenvalue weighted by Crippen LogP contribution is -2.59. The normalized spacial score (nSPS) is 16.2. The highest BCUT2D eigenvalue weighted by Crippen LogP contribution is 2.32. The highest BCUT2D eigenvalue weighted by Gasteiger charge is 2.45. The lowest BCUT2D eigenvalue weighted by molar-refractivity contribution is -0.389. The maximum Gasteiger partial charge on any atom is 0.381 e. The fraction of sp³-hybridized carbons (Fsp3) is 0.545. The Hall–Kier alpha value is -2.45. The lowest BCUT2D eigenvalue weighted by Gasteiger charge is -2.38. The van der Waals surface area contributed by atoms with Gasteiger partial charge in [0, 0.05) is 6.92 Å². The van der Waals surface area contributed by atoms with Crippen molar-refractivity contribution in [2.75, 3.05) is 0 Å². The van der Waals surface area contributed by atoms with Gasteiger partial charge in [-0.05, 0) is 29.2 Å². The van der Waals surface area contributed by atoms with Crippen LogP contribution in [-0.2, 0) is 16.1 Å². The number of carboxylic acids is 1. The van der Waals surface area contributed by atoms with Crippen molar-refractivity contribution in [3.63, 3.8) is 0 Å². The lowest BCUT2D eigenvalue weighted by atomic mass is 9.77. The Bertz CT molecular complexity index is 575. The first-order valence-electron chi connectivity index (χ1n) is 6.07. The predicted octanol–water partition coefficient (Wildman–Crippen LogP) is 0.223. The number of nitrogens with zero attached hydrogens (tertiary/aromatic N) is 3. The van der Waals surface area contributed by atoms with Crippen molar-refractivity contribution in [1.82, 2.24) is 14.9 Å². The van der Waals surface area contributed by atoms with Crippen LogP contribution in [0.1, 0.15) is 25.1 Å². The van der Waals surface area contributed by atoms with Crippen molar-refractivity contribution in [2.45, 2.75) is 38.3 Å². The minimum Gasteiger partial charge on any atom is -0.480 e. The van der Waals surface area contributed by atoms with Crippen molar-refractivity contribution >= 4 is 17.7 Å². The Kier molecular flexibility index (Phi) is 3.43. The van der Waals surface area contributed by atoms with Crippen LogP contribution in [0.5, 0.6) is 0 Å². The first-order valence-corrected chi connectivity index (χ1v) is 6.07. The smallest absolute Gasteiger partial charge is 0.381 e. The highest BCUT2D eigenvalue weighted by atomic mass is 16.6. The van der Waals surface area contributed by atoms with Gasteiger partial charge < -0.3 is 20.5 Å². The van der Waals surface area contributed by atoms with Crippen LogP contribution >= 0.6 is 0 Å². The third-order valence-corrected chi connectivity index (χ3v) is 3.46. The van der Waals surface area contributed by atoms with Gasteiger partial charge in [-0.2, -0.15) is 0 Å². The summed E-state index contributed by atoms with van der Waals surface area (Å²) in [5.41, 5.74) is -1.18. The number of carboxylic acid groups (broad SMARTS) is 1. The van der Waals surface area contributed by atoms with E-state index in [2.05, 4.69) is 10.3 Å². The molecule has 9 heteroatoms. The van der Waals surface area contributed by atoms with Gasteiger partial charge in [-0.25, -0.2) is 4.79 Å². The number of aryl methyl sites for hydroxylation is 1. The summed E-state index contributed by atoms with van der Waals surface area (Å²) in [4.78, 5) is 36.6. The van der Waals surface area contributed by atoms with E-state index in [1.54, 1.807) is 0 Å². The topological polar surface area (TPSA) is 127 Å². The molecule has 1 aliphatic rings. The van der Waals surface area contributed by atoms with Gasteiger partial charge in [-0.3, -0.25) is 9.36 Å². The Morgan fingerprint density at radius 1 is 1.60 bits per heavy atom. The molecule has 0 atom stereocenters. The van der Waals surface area contributed by atoms with E-state index in [0.717, 1.165) is 12.6 Å². The van der Waals surface area contributed by atoms with Gasteiger partial charge in [0.05, 0.1) is 0 Å². The van der Waals surface area contributed by atoms with Gasteiger partial charge in [0.25, 0.3) is 0 Å². The molecule has 1 fully saturated rings. The zero-order chi connectivity index (χ0) is 14.9. The first kappa shape index (κ1) is 14.0. The second-order valence-electron chi connectivity index (χ2n) is 4.82. The zero-order valence-corrected chi connectivity index (χ0v) is 10.8.